The van der Waals surface area contributed by atoms with Gasteiger partial charge < -0.3 is 5.32 Å². The van der Waals surface area contributed by atoms with E-state index in [0.29, 0.717) is 10.2 Å². The number of nitrogens with zero attached hydrogens (tertiary/aromatic N) is 1. The highest BCUT2D eigenvalue weighted by molar-refractivity contribution is 7.13. The summed E-state index contributed by atoms with van der Waals surface area (Å²) in [7, 11) is 0. The lowest BCUT2D eigenvalue weighted by molar-refractivity contribution is 0.250. The van der Waals surface area contributed by atoms with E-state index in [1.165, 1.54) is 11.3 Å². The number of carbonyl (C=O) groups is 1. The molecule has 0 aliphatic rings. The molecule has 7 heteroatoms. The SMILES string of the molecule is O=C(Nc1nccs1)NC(c1ccc(Cl)cc1)c1ccsc1. The van der Waals surface area contributed by atoms with Crippen LogP contribution in [0.2, 0.25) is 5.02 Å². The minimum atomic E-state index is -0.291. The molecule has 2 amide bonds. The highest BCUT2D eigenvalue weighted by atomic mass is 35.5. The number of anilines is 1. The number of nitrogens with one attached hydrogen (secondary N) is 2. The van der Waals surface area contributed by atoms with Gasteiger partial charge in [-0.25, -0.2) is 9.78 Å². The van der Waals surface area contributed by atoms with E-state index in [2.05, 4.69) is 15.6 Å². The van der Waals surface area contributed by atoms with Gasteiger partial charge in [0.2, 0.25) is 0 Å². The fourth-order valence-corrected chi connectivity index (χ4v) is 3.34. The van der Waals surface area contributed by atoms with Crippen molar-refractivity contribution in [2.45, 2.75) is 6.04 Å². The molecule has 22 heavy (non-hydrogen) atoms. The molecule has 0 aliphatic carbocycles. The van der Waals surface area contributed by atoms with Crippen molar-refractivity contribution < 1.29 is 4.79 Å². The van der Waals surface area contributed by atoms with E-state index in [9.17, 15) is 4.79 Å². The highest BCUT2D eigenvalue weighted by Gasteiger charge is 2.17. The van der Waals surface area contributed by atoms with Crippen LogP contribution in [0.5, 0.6) is 0 Å². The molecular weight excluding hydrogens is 338 g/mol. The molecule has 1 atom stereocenters. The van der Waals surface area contributed by atoms with E-state index >= 15 is 0 Å². The van der Waals surface area contributed by atoms with Crippen LogP contribution in [0.25, 0.3) is 0 Å². The average Bonchev–Trinajstić information content (AvgIpc) is 3.19. The molecule has 1 aromatic carbocycles. The molecular formula is C15H12ClN3OS2. The summed E-state index contributed by atoms with van der Waals surface area (Å²) in [5.74, 6) is 0. The topological polar surface area (TPSA) is 54.0 Å². The summed E-state index contributed by atoms with van der Waals surface area (Å²) in [6, 6.07) is 8.92. The molecule has 2 N–H and O–H groups in total. The Balaban J connectivity index is 1.80. The molecule has 0 saturated heterocycles. The van der Waals surface area contributed by atoms with Gasteiger partial charge in [0.1, 0.15) is 0 Å². The number of benzene rings is 1. The quantitative estimate of drug-likeness (QED) is 0.712. The van der Waals surface area contributed by atoms with Gasteiger partial charge in [0.25, 0.3) is 0 Å². The Morgan fingerprint density at radius 2 is 1.95 bits per heavy atom. The second kappa shape index (κ2) is 6.91. The van der Waals surface area contributed by atoms with E-state index in [-0.39, 0.29) is 12.1 Å². The third-order valence-corrected chi connectivity index (χ3v) is 4.65. The Hall–Kier alpha value is -1.89. The van der Waals surface area contributed by atoms with Crippen LogP contribution in [0.3, 0.4) is 0 Å². The molecule has 0 spiro atoms. The molecule has 0 bridgehead atoms. The zero-order valence-electron chi connectivity index (χ0n) is 11.3. The summed E-state index contributed by atoms with van der Waals surface area (Å²) < 4.78 is 0. The first-order valence-corrected chi connectivity index (χ1v) is 8.67. The second-order valence-corrected chi connectivity index (χ2v) is 6.59. The molecule has 3 aromatic rings. The predicted octanol–water partition coefficient (Wildman–Crippen LogP) is 4.77. The number of hydrogen-bond acceptors (Lipinski definition) is 4. The van der Waals surface area contributed by atoms with Crippen LogP contribution in [0.1, 0.15) is 17.2 Å². The minimum absolute atomic E-state index is 0.233. The Labute approximate surface area is 140 Å². The molecule has 1 unspecified atom stereocenters. The number of hydrogen-bond donors (Lipinski definition) is 2. The molecule has 2 heterocycles. The fraction of sp³-hybridized carbons (Fsp3) is 0.0667. The van der Waals surface area contributed by atoms with Gasteiger partial charge in [0.05, 0.1) is 6.04 Å². The number of thiazole rings is 1. The molecule has 0 radical (unpaired) electrons. The monoisotopic (exact) mass is 349 g/mol. The molecule has 2 aromatic heterocycles. The van der Waals surface area contributed by atoms with Crippen LogP contribution in [0.15, 0.2) is 52.7 Å². The summed E-state index contributed by atoms with van der Waals surface area (Å²) in [5, 5.41) is 12.8. The Morgan fingerprint density at radius 1 is 1.14 bits per heavy atom. The second-order valence-electron chi connectivity index (χ2n) is 4.48. The molecule has 0 saturated carbocycles. The van der Waals surface area contributed by atoms with Crippen molar-refractivity contribution in [2.24, 2.45) is 0 Å². The van der Waals surface area contributed by atoms with Gasteiger partial charge in [-0.15, -0.1) is 11.3 Å². The average molecular weight is 350 g/mol. The minimum Gasteiger partial charge on any atom is -0.327 e. The van der Waals surface area contributed by atoms with Crippen LogP contribution in [-0.2, 0) is 0 Å². The van der Waals surface area contributed by atoms with Crippen LogP contribution < -0.4 is 10.6 Å². The van der Waals surface area contributed by atoms with Crippen molar-refractivity contribution in [3.8, 4) is 0 Å². The van der Waals surface area contributed by atoms with Gasteiger partial charge in [-0.1, -0.05) is 23.7 Å². The number of amides is 2. The summed E-state index contributed by atoms with van der Waals surface area (Å²) in [5.41, 5.74) is 2.00. The van der Waals surface area contributed by atoms with Crippen molar-refractivity contribution in [1.82, 2.24) is 10.3 Å². The summed E-state index contributed by atoms with van der Waals surface area (Å²) >= 11 is 8.90. The van der Waals surface area contributed by atoms with Gasteiger partial charge in [-0.2, -0.15) is 11.3 Å². The smallest absolute Gasteiger partial charge is 0.321 e. The van der Waals surface area contributed by atoms with E-state index in [4.69, 9.17) is 11.6 Å². The Kier molecular flexibility index (Phi) is 4.72. The van der Waals surface area contributed by atoms with Crippen LogP contribution in [0, 0.1) is 0 Å². The standard InChI is InChI=1S/C15H12ClN3OS2/c16-12-3-1-10(2-4-12)13(11-5-7-21-9-11)18-14(20)19-15-17-6-8-22-15/h1-9,13H,(H2,17,18,19,20). The molecule has 0 fully saturated rings. The van der Waals surface area contributed by atoms with Crippen molar-refractivity contribution in [2.75, 3.05) is 5.32 Å². The Morgan fingerprint density at radius 3 is 2.59 bits per heavy atom. The van der Waals surface area contributed by atoms with Gasteiger partial charge in [0.15, 0.2) is 5.13 Å². The first-order valence-electron chi connectivity index (χ1n) is 6.47. The van der Waals surface area contributed by atoms with E-state index < -0.39 is 0 Å². The van der Waals surface area contributed by atoms with E-state index in [0.717, 1.165) is 11.1 Å². The van der Waals surface area contributed by atoms with Gasteiger partial charge in [-0.3, -0.25) is 5.32 Å². The zero-order valence-corrected chi connectivity index (χ0v) is 13.7. The summed E-state index contributed by atoms with van der Waals surface area (Å²) in [6.45, 7) is 0. The van der Waals surface area contributed by atoms with Crippen molar-refractivity contribution in [3.63, 3.8) is 0 Å². The molecule has 3 rings (SSSR count). The van der Waals surface area contributed by atoms with E-state index in [1.807, 2.05) is 46.5 Å². The van der Waals surface area contributed by atoms with Crippen LogP contribution >= 0.6 is 34.3 Å². The lowest BCUT2D eigenvalue weighted by atomic mass is 10.0. The molecule has 4 nitrogen and oxygen atoms in total. The number of halogens is 1. The third kappa shape index (κ3) is 3.65. The summed E-state index contributed by atoms with van der Waals surface area (Å²) in [4.78, 5) is 16.2. The van der Waals surface area contributed by atoms with Crippen LogP contribution in [-0.4, -0.2) is 11.0 Å². The normalized spacial score (nSPS) is 11.9. The number of aromatic nitrogens is 1. The predicted molar refractivity (Wildman–Crippen MR) is 91.9 cm³/mol. The number of rotatable bonds is 4. The number of thiophene rings is 1. The van der Waals surface area contributed by atoms with Gasteiger partial charge >= 0.3 is 6.03 Å². The van der Waals surface area contributed by atoms with Crippen molar-refractivity contribution in [1.29, 1.82) is 0 Å². The lowest BCUT2D eigenvalue weighted by Crippen LogP contribution is -2.33. The lowest BCUT2D eigenvalue weighted by Gasteiger charge is -2.18. The van der Waals surface area contributed by atoms with Gasteiger partial charge in [0, 0.05) is 16.6 Å². The van der Waals surface area contributed by atoms with Gasteiger partial charge in [-0.05, 0) is 40.1 Å². The maximum absolute atomic E-state index is 12.2. The zero-order chi connectivity index (χ0) is 15.4. The maximum atomic E-state index is 12.2. The third-order valence-electron chi connectivity index (χ3n) is 3.01. The van der Waals surface area contributed by atoms with Crippen molar-refractivity contribution >= 4 is 45.4 Å². The number of carbonyl (C=O) groups excluding carboxylic acids is 1. The largest absolute Gasteiger partial charge is 0.327 e. The first kappa shape index (κ1) is 15.0. The fourth-order valence-electron chi connectivity index (χ4n) is 2.00. The Bertz CT molecular complexity index is 727. The van der Waals surface area contributed by atoms with E-state index in [1.54, 1.807) is 17.5 Å². The summed E-state index contributed by atoms with van der Waals surface area (Å²) in [6.07, 6.45) is 1.65. The number of urea groups is 1. The van der Waals surface area contributed by atoms with Crippen molar-refractivity contribution in [3.05, 3.63) is 68.8 Å². The molecule has 112 valence electrons. The van der Waals surface area contributed by atoms with Crippen LogP contribution in [0.4, 0.5) is 9.93 Å². The first-order chi connectivity index (χ1) is 10.7. The maximum Gasteiger partial charge on any atom is 0.321 e. The highest BCUT2D eigenvalue weighted by Crippen LogP contribution is 2.25. The molecule has 0 aliphatic heterocycles.